The Morgan fingerprint density at radius 2 is 1.72 bits per heavy atom. The zero-order chi connectivity index (χ0) is 22.7. The number of amides is 1. The Bertz CT molecular complexity index is 1070. The summed E-state index contributed by atoms with van der Waals surface area (Å²) < 4.78 is 11.9. The molecule has 6 nitrogen and oxygen atoms in total. The van der Waals surface area contributed by atoms with E-state index in [2.05, 4.69) is 17.0 Å². The van der Waals surface area contributed by atoms with Gasteiger partial charge in [-0.1, -0.05) is 17.4 Å². The number of anilines is 1. The Hall–Kier alpha value is -2.64. The number of aromatic nitrogens is 1. The summed E-state index contributed by atoms with van der Waals surface area (Å²) >= 11 is 1.47. The van der Waals surface area contributed by atoms with Crippen LogP contribution in [0.15, 0.2) is 30.3 Å². The first-order valence-electron chi connectivity index (χ1n) is 11.1. The third kappa shape index (κ3) is 4.59. The van der Waals surface area contributed by atoms with Crippen molar-refractivity contribution >= 4 is 32.6 Å². The zero-order valence-corrected chi connectivity index (χ0v) is 20.1. The van der Waals surface area contributed by atoms with E-state index in [9.17, 15) is 4.79 Å². The summed E-state index contributed by atoms with van der Waals surface area (Å²) in [6, 6.07) is 9.92. The molecule has 0 fully saturated rings. The van der Waals surface area contributed by atoms with Crippen LogP contribution in [0.5, 0.6) is 11.5 Å². The molecule has 0 atom stereocenters. The van der Waals surface area contributed by atoms with E-state index in [1.165, 1.54) is 35.3 Å². The molecule has 0 N–H and O–H groups in total. The summed E-state index contributed by atoms with van der Waals surface area (Å²) in [4.78, 5) is 22.5. The first-order chi connectivity index (χ1) is 15.5. The normalized spacial score (nSPS) is 13.3. The van der Waals surface area contributed by atoms with Gasteiger partial charge in [-0.3, -0.25) is 9.69 Å². The fourth-order valence-electron chi connectivity index (χ4n) is 4.24. The monoisotopic (exact) mass is 453 g/mol. The first kappa shape index (κ1) is 22.6. The van der Waals surface area contributed by atoms with Gasteiger partial charge in [0.2, 0.25) is 0 Å². The Morgan fingerprint density at radius 3 is 2.44 bits per heavy atom. The summed E-state index contributed by atoms with van der Waals surface area (Å²) in [5.41, 5.74) is 4.14. The highest BCUT2D eigenvalue weighted by Crippen LogP contribution is 2.40. The third-order valence-corrected chi connectivity index (χ3v) is 7.05. The number of carbonyl (C=O) groups is 1. The van der Waals surface area contributed by atoms with Gasteiger partial charge in [-0.15, -0.1) is 0 Å². The van der Waals surface area contributed by atoms with Crippen molar-refractivity contribution in [3.8, 4) is 11.5 Å². The van der Waals surface area contributed by atoms with Gasteiger partial charge in [-0.25, -0.2) is 4.98 Å². The minimum absolute atomic E-state index is 0.00545. The molecule has 1 aliphatic carbocycles. The molecule has 1 aliphatic rings. The Labute approximate surface area is 193 Å². The third-order valence-electron chi connectivity index (χ3n) is 5.96. The van der Waals surface area contributed by atoms with Crippen molar-refractivity contribution in [2.24, 2.45) is 0 Å². The molecule has 2 aromatic carbocycles. The van der Waals surface area contributed by atoms with Crippen LogP contribution in [0.3, 0.4) is 0 Å². The van der Waals surface area contributed by atoms with Crippen LogP contribution >= 0.6 is 11.3 Å². The molecule has 0 radical (unpaired) electrons. The van der Waals surface area contributed by atoms with Crippen molar-refractivity contribution in [2.75, 3.05) is 46.3 Å². The lowest BCUT2D eigenvalue weighted by Gasteiger charge is -2.22. The second-order valence-corrected chi connectivity index (χ2v) is 9.43. The molecule has 0 aliphatic heterocycles. The molecule has 4 rings (SSSR count). The number of methoxy groups -OCH3 is 2. The van der Waals surface area contributed by atoms with Crippen LogP contribution in [0.2, 0.25) is 0 Å². The highest BCUT2D eigenvalue weighted by molar-refractivity contribution is 7.22. The van der Waals surface area contributed by atoms with Crippen LogP contribution in [-0.4, -0.2) is 57.2 Å². The van der Waals surface area contributed by atoms with Crippen molar-refractivity contribution in [1.82, 2.24) is 9.88 Å². The lowest BCUT2D eigenvalue weighted by atomic mass is 9.90. The van der Waals surface area contributed by atoms with E-state index in [0.29, 0.717) is 17.4 Å². The molecule has 0 saturated carbocycles. The minimum Gasteiger partial charge on any atom is -0.495 e. The van der Waals surface area contributed by atoms with Gasteiger partial charge < -0.3 is 14.4 Å². The Morgan fingerprint density at radius 1 is 1.00 bits per heavy atom. The van der Waals surface area contributed by atoms with Crippen LogP contribution in [0.25, 0.3) is 10.2 Å². The number of hydrogen-bond acceptors (Lipinski definition) is 6. The minimum atomic E-state index is -0.00545. The maximum Gasteiger partial charge on any atom is 0.260 e. The maximum atomic E-state index is 13.7. The molecule has 7 heteroatoms. The average molecular weight is 454 g/mol. The molecule has 0 spiro atoms. The van der Waals surface area contributed by atoms with E-state index in [4.69, 9.17) is 14.5 Å². The van der Waals surface area contributed by atoms with Gasteiger partial charge in [0.1, 0.15) is 21.7 Å². The van der Waals surface area contributed by atoms with Crippen molar-refractivity contribution in [3.63, 3.8) is 0 Å². The molecule has 170 valence electrons. The predicted octanol–water partition coefficient (Wildman–Crippen LogP) is 4.79. The molecule has 32 heavy (non-hydrogen) atoms. The smallest absolute Gasteiger partial charge is 0.260 e. The van der Waals surface area contributed by atoms with E-state index >= 15 is 0 Å². The number of thiazole rings is 1. The fourth-order valence-corrected chi connectivity index (χ4v) is 5.34. The van der Waals surface area contributed by atoms with Crippen LogP contribution < -0.4 is 14.4 Å². The van der Waals surface area contributed by atoms with Crippen molar-refractivity contribution in [2.45, 2.75) is 32.1 Å². The van der Waals surface area contributed by atoms with Crippen LogP contribution in [-0.2, 0) is 12.8 Å². The van der Waals surface area contributed by atoms with Crippen molar-refractivity contribution in [1.29, 1.82) is 0 Å². The summed E-state index contributed by atoms with van der Waals surface area (Å²) in [5.74, 6) is 1.41. The Kier molecular flexibility index (Phi) is 6.96. The zero-order valence-electron chi connectivity index (χ0n) is 19.3. The quantitative estimate of drug-likeness (QED) is 0.491. The highest BCUT2D eigenvalue weighted by Gasteiger charge is 2.24. The Balaban J connectivity index is 1.73. The van der Waals surface area contributed by atoms with Gasteiger partial charge >= 0.3 is 0 Å². The molecule has 0 bridgehead atoms. The summed E-state index contributed by atoms with van der Waals surface area (Å²) in [7, 11) is 7.37. The van der Waals surface area contributed by atoms with Crippen LogP contribution in [0.4, 0.5) is 5.13 Å². The van der Waals surface area contributed by atoms with Gasteiger partial charge in [-0.05, 0) is 88.1 Å². The predicted molar refractivity (Wildman–Crippen MR) is 131 cm³/mol. The SMILES string of the molecule is COc1ccc(OC)c2sc(N(CCCN(C)C)C(=O)c3ccc4c(c3)CCCC4)nc12. The van der Waals surface area contributed by atoms with Crippen molar-refractivity contribution < 1.29 is 14.3 Å². The van der Waals surface area contributed by atoms with Gasteiger partial charge in [-0.2, -0.15) is 0 Å². The number of ether oxygens (including phenoxy) is 2. The van der Waals surface area contributed by atoms with Crippen molar-refractivity contribution in [3.05, 3.63) is 47.0 Å². The first-order valence-corrected chi connectivity index (χ1v) is 11.9. The number of aryl methyl sites for hydroxylation is 2. The van der Waals surface area contributed by atoms with E-state index in [0.717, 1.165) is 47.3 Å². The number of benzene rings is 2. The second kappa shape index (κ2) is 9.88. The maximum absolute atomic E-state index is 13.7. The summed E-state index contributed by atoms with van der Waals surface area (Å²) in [6.45, 7) is 1.49. The molecule has 1 aromatic heterocycles. The summed E-state index contributed by atoms with van der Waals surface area (Å²) in [6.07, 6.45) is 5.43. The molecular formula is C25H31N3O3S. The largest absolute Gasteiger partial charge is 0.495 e. The number of fused-ring (bicyclic) bond motifs is 2. The topological polar surface area (TPSA) is 54.9 Å². The van der Waals surface area contributed by atoms with Crippen LogP contribution in [0.1, 0.15) is 40.7 Å². The second-order valence-electron chi connectivity index (χ2n) is 8.45. The fraction of sp³-hybridized carbons (Fsp3) is 0.440. The standard InChI is InChI=1S/C25H31N3O3S/c1-27(2)14-7-15-28(24(29)19-11-10-17-8-5-6-9-18(17)16-19)25-26-22-20(30-3)12-13-21(31-4)23(22)32-25/h10-13,16H,5-9,14-15H2,1-4H3. The number of carbonyl (C=O) groups excluding carboxylic acids is 1. The molecule has 0 unspecified atom stereocenters. The lowest BCUT2D eigenvalue weighted by Crippen LogP contribution is -2.33. The number of hydrogen-bond donors (Lipinski definition) is 0. The van der Waals surface area contributed by atoms with E-state index in [1.54, 1.807) is 14.2 Å². The van der Waals surface area contributed by atoms with E-state index in [-0.39, 0.29) is 5.91 Å². The number of rotatable bonds is 8. The average Bonchev–Trinajstić information content (AvgIpc) is 3.25. The van der Waals surface area contributed by atoms with Gasteiger partial charge in [0.25, 0.3) is 5.91 Å². The van der Waals surface area contributed by atoms with Gasteiger partial charge in [0.05, 0.1) is 14.2 Å². The molecule has 0 saturated heterocycles. The molecule has 1 heterocycles. The van der Waals surface area contributed by atoms with Crippen LogP contribution in [0, 0.1) is 0 Å². The molecular weight excluding hydrogens is 422 g/mol. The van der Waals surface area contributed by atoms with E-state index < -0.39 is 0 Å². The number of nitrogens with zero attached hydrogens (tertiary/aromatic N) is 3. The van der Waals surface area contributed by atoms with Gasteiger partial charge in [0, 0.05) is 12.1 Å². The molecule has 1 amide bonds. The lowest BCUT2D eigenvalue weighted by molar-refractivity contribution is 0.0986. The van der Waals surface area contributed by atoms with E-state index in [1.807, 2.05) is 37.2 Å². The highest BCUT2D eigenvalue weighted by atomic mass is 32.1. The van der Waals surface area contributed by atoms with Gasteiger partial charge in [0.15, 0.2) is 5.13 Å². The summed E-state index contributed by atoms with van der Waals surface area (Å²) in [5, 5.41) is 0.671. The molecule has 3 aromatic rings.